The second-order valence-corrected chi connectivity index (χ2v) is 5.71. The minimum atomic E-state index is -0.925. The minimum Gasteiger partial charge on any atom is -0.497 e. The van der Waals surface area contributed by atoms with E-state index in [9.17, 15) is 9.59 Å². The van der Waals surface area contributed by atoms with E-state index in [1.165, 1.54) is 6.92 Å². The number of methoxy groups -OCH3 is 1. The molecule has 2 aromatic rings. The van der Waals surface area contributed by atoms with Crippen molar-refractivity contribution in [2.24, 2.45) is 0 Å². The molecule has 0 spiro atoms. The number of fused-ring (bicyclic) bond motifs is 1. The zero-order valence-corrected chi connectivity index (χ0v) is 14.5. The first-order chi connectivity index (χ1) is 12.5. The quantitative estimate of drug-likeness (QED) is 0.800. The molecule has 0 aliphatic carbocycles. The Balaban J connectivity index is 1.52. The molecule has 0 saturated carbocycles. The van der Waals surface area contributed by atoms with Crippen LogP contribution < -0.4 is 19.5 Å². The van der Waals surface area contributed by atoms with Crippen LogP contribution >= 0.6 is 0 Å². The van der Waals surface area contributed by atoms with E-state index in [0.717, 1.165) is 5.56 Å². The third kappa shape index (κ3) is 4.24. The molecule has 0 aromatic heterocycles. The van der Waals surface area contributed by atoms with Gasteiger partial charge < -0.3 is 24.3 Å². The van der Waals surface area contributed by atoms with E-state index in [2.05, 4.69) is 5.32 Å². The lowest BCUT2D eigenvalue weighted by Gasteiger charge is -2.14. The standard InChI is InChI=1S/C19H19NO6/c1-12(26-18(21)9-13-3-6-15(23-2)7-4-13)19(22)20-14-5-8-16-17(10-14)25-11-24-16/h3-8,10,12H,9,11H2,1-2H3,(H,20,22)/t12-/m0/s1. The van der Waals surface area contributed by atoms with Gasteiger partial charge in [0.25, 0.3) is 5.91 Å². The lowest BCUT2D eigenvalue weighted by molar-refractivity contribution is -0.152. The molecule has 0 bridgehead atoms. The molecule has 7 heteroatoms. The van der Waals surface area contributed by atoms with Gasteiger partial charge in [0.05, 0.1) is 13.5 Å². The molecule has 0 radical (unpaired) electrons. The first-order valence-corrected chi connectivity index (χ1v) is 8.08. The Labute approximate surface area is 150 Å². The highest BCUT2D eigenvalue weighted by atomic mass is 16.7. The van der Waals surface area contributed by atoms with Crippen molar-refractivity contribution in [2.45, 2.75) is 19.4 Å². The van der Waals surface area contributed by atoms with Crippen LogP contribution in [0, 0.1) is 0 Å². The van der Waals surface area contributed by atoms with Crippen molar-refractivity contribution in [1.29, 1.82) is 0 Å². The number of anilines is 1. The lowest BCUT2D eigenvalue weighted by atomic mass is 10.1. The van der Waals surface area contributed by atoms with Gasteiger partial charge in [-0.05, 0) is 36.8 Å². The second kappa shape index (κ2) is 7.77. The van der Waals surface area contributed by atoms with Crippen molar-refractivity contribution < 1.29 is 28.5 Å². The molecule has 1 aliphatic rings. The number of amides is 1. The molecule has 1 amide bonds. The van der Waals surface area contributed by atoms with Gasteiger partial charge in [0.1, 0.15) is 5.75 Å². The summed E-state index contributed by atoms with van der Waals surface area (Å²) in [6.45, 7) is 1.68. The molecular weight excluding hydrogens is 338 g/mol. The summed E-state index contributed by atoms with van der Waals surface area (Å²) in [6.07, 6.45) is -0.850. The van der Waals surface area contributed by atoms with E-state index >= 15 is 0 Å². The van der Waals surface area contributed by atoms with Crippen LogP contribution in [0.2, 0.25) is 0 Å². The summed E-state index contributed by atoms with van der Waals surface area (Å²) < 4.78 is 20.7. The molecule has 26 heavy (non-hydrogen) atoms. The SMILES string of the molecule is COc1ccc(CC(=O)O[C@@H](C)C(=O)Nc2ccc3c(c2)OCO3)cc1. The number of rotatable bonds is 6. The normalized spacial score (nSPS) is 13.0. The third-order valence-electron chi connectivity index (χ3n) is 3.83. The molecule has 1 atom stereocenters. The topological polar surface area (TPSA) is 83.1 Å². The van der Waals surface area contributed by atoms with Crippen LogP contribution in [-0.4, -0.2) is 31.9 Å². The van der Waals surface area contributed by atoms with Crippen LogP contribution in [0.1, 0.15) is 12.5 Å². The second-order valence-electron chi connectivity index (χ2n) is 5.71. The van der Waals surface area contributed by atoms with Crippen LogP contribution in [0.15, 0.2) is 42.5 Å². The number of esters is 1. The predicted molar refractivity (Wildman–Crippen MR) is 93.4 cm³/mol. The van der Waals surface area contributed by atoms with Crippen LogP contribution in [0.3, 0.4) is 0 Å². The summed E-state index contributed by atoms with van der Waals surface area (Å²) in [7, 11) is 1.57. The zero-order chi connectivity index (χ0) is 18.5. The van der Waals surface area contributed by atoms with E-state index in [0.29, 0.717) is 22.9 Å². The van der Waals surface area contributed by atoms with Gasteiger partial charge in [-0.25, -0.2) is 0 Å². The largest absolute Gasteiger partial charge is 0.497 e. The van der Waals surface area contributed by atoms with Crippen LogP contribution in [0.5, 0.6) is 17.2 Å². The summed E-state index contributed by atoms with van der Waals surface area (Å²) in [5.41, 5.74) is 1.32. The van der Waals surface area contributed by atoms with Gasteiger partial charge in [-0.3, -0.25) is 9.59 Å². The van der Waals surface area contributed by atoms with Gasteiger partial charge in [0.15, 0.2) is 17.6 Å². The fourth-order valence-corrected chi connectivity index (χ4v) is 2.42. The maximum atomic E-state index is 12.2. The molecule has 3 rings (SSSR count). The first kappa shape index (κ1) is 17.6. The minimum absolute atomic E-state index is 0.0750. The Morgan fingerprint density at radius 1 is 1.12 bits per heavy atom. The van der Waals surface area contributed by atoms with Gasteiger partial charge in [0, 0.05) is 11.8 Å². The van der Waals surface area contributed by atoms with Crippen molar-refractivity contribution in [1.82, 2.24) is 0 Å². The highest BCUT2D eigenvalue weighted by Gasteiger charge is 2.20. The lowest BCUT2D eigenvalue weighted by Crippen LogP contribution is -2.30. The van der Waals surface area contributed by atoms with E-state index < -0.39 is 18.0 Å². The van der Waals surface area contributed by atoms with Gasteiger partial charge in [-0.1, -0.05) is 12.1 Å². The average molecular weight is 357 g/mol. The Morgan fingerprint density at radius 2 is 1.85 bits per heavy atom. The van der Waals surface area contributed by atoms with Crippen molar-refractivity contribution in [2.75, 3.05) is 19.2 Å². The van der Waals surface area contributed by atoms with Crippen LogP contribution in [0.25, 0.3) is 0 Å². The number of carbonyl (C=O) groups is 2. The van der Waals surface area contributed by atoms with Crippen molar-refractivity contribution >= 4 is 17.6 Å². The molecule has 0 unspecified atom stereocenters. The first-order valence-electron chi connectivity index (χ1n) is 8.08. The number of ether oxygens (including phenoxy) is 4. The fourth-order valence-electron chi connectivity index (χ4n) is 2.42. The number of nitrogens with one attached hydrogen (secondary N) is 1. The Bertz CT molecular complexity index is 802. The molecule has 2 aromatic carbocycles. The van der Waals surface area contributed by atoms with E-state index in [4.69, 9.17) is 18.9 Å². The van der Waals surface area contributed by atoms with Gasteiger partial charge >= 0.3 is 5.97 Å². The van der Waals surface area contributed by atoms with E-state index in [1.54, 1.807) is 49.6 Å². The van der Waals surface area contributed by atoms with E-state index in [-0.39, 0.29) is 13.2 Å². The number of hydrogen-bond acceptors (Lipinski definition) is 6. The molecule has 0 fully saturated rings. The number of carbonyl (C=O) groups excluding carboxylic acids is 2. The van der Waals surface area contributed by atoms with Crippen LogP contribution in [-0.2, 0) is 20.7 Å². The third-order valence-corrected chi connectivity index (χ3v) is 3.83. The number of hydrogen-bond donors (Lipinski definition) is 1. The summed E-state index contributed by atoms with van der Waals surface area (Å²) in [4.78, 5) is 24.2. The fraction of sp³-hybridized carbons (Fsp3) is 0.263. The van der Waals surface area contributed by atoms with Crippen molar-refractivity contribution in [3.63, 3.8) is 0 Å². The average Bonchev–Trinajstić information content (AvgIpc) is 3.10. The van der Waals surface area contributed by atoms with E-state index in [1.807, 2.05) is 0 Å². The van der Waals surface area contributed by atoms with Crippen molar-refractivity contribution in [3.05, 3.63) is 48.0 Å². The maximum absolute atomic E-state index is 12.2. The van der Waals surface area contributed by atoms with Crippen LogP contribution in [0.4, 0.5) is 5.69 Å². The summed E-state index contributed by atoms with van der Waals surface area (Å²) in [5, 5.41) is 2.69. The smallest absolute Gasteiger partial charge is 0.311 e. The monoisotopic (exact) mass is 357 g/mol. The summed E-state index contributed by atoms with van der Waals surface area (Å²) in [6, 6.07) is 12.1. The zero-order valence-electron chi connectivity index (χ0n) is 14.5. The highest BCUT2D eigenvalue weighted by molar-refractivity contribution is 5.95. The number of benzene rings is 2. The Hall–Kier alpha value is -3.22. The molecular formula is C19H19NO6. The highest BCUT2D eigenvalue weighted by Crippen LogP contribution is 2.34. The molecule has 1 N–H and O–H groups in total. The van der Waals surface area contributed by atoms with Gasteiger partial charge in [-0.2, -0.15) is 0 Å². The van der Waals surface area contributed by atoms with Crippen molar-refractivity contribution in [3.8, 4) is 17.2 Å². The summed E-state index contributed by atoms with van der Waals surface area (Å²) in [5.74, 6) is 0.989. The Morgan fingerprint density at radius 3 is 2.58 bits per heavy atom. The molecule has 1 aliphatic heterocycles. The molecule has 0 saturated heterocycles. The maximum Gasteiger partial charge on any atom is 0.311 e. The van der Waals surface area contributed by atoms with Gasteiger partial charge in [0.2, 0.25) is 6.79 Å². The Kier molecular flexibility index (Phi) is 5.26. The molecule has 1 heterocycles. The molecule has 136 valence electrons. The predicted octanol–water partition coefficient (Wildman–Crippen LogP) is 2.54. The molecule has 7 nitrogen and oxygen atoms in total. The summed E-state index contributed by atoms with van der Waals surface area (Å²) >= 11 is 0. The van der Waals surface area contributed by atoms with Gasteiger partial charge in [-0.15, -0.1) is 0 Å².